The summed E-state index contributed by atoms with van der Waals surface area (Å²) in [4.78, 5) is 0.0300. The van der Waals surface area contributed by atoms with Crippen LogP contribution in [0.3, 0.4) is 0 Å². The maximum absolute atomic E-state index is 11.3. The van der Waals surface area contributed by atoms with E-state index in [0.29, 0.717) is 23.5 Å². The fourth-order valence-electron chi connectivity index (χ4n) is 1.81. The van der Waals surface area contributed by atoms with Crippen LogP contribution in [0.2, 0.25) is 0 Å². The average Bonchev–Trinajstić information content (AvgIpc) is 2.46. The predicted molar refractivity (Wildman–Crippen MR) is 79.8 cm³/mol. The Morgan fingerprint density at radius 2 is 2.00 bits per heavy atom. The molecule has 0 amide bonds. The van der Waals surface area contributed by atoms with Crippen molar-refractivity contribution < 1.29 is 18.3 Å². The molecule has 21 heavy (non-hydrogen) atoms. The molecular weight excluding hydrogens is 292 g/mol. The number of ether oxygens (including phenoxy) is 1. The minimum absolute atomic E-state index is 0.0300. The Morgan fingerprint density at radius 1 is 1.24 bits per heavy atom. The van der Waals surface area contributed by atoms with Gasteiger partial charge in [0.05, 0.1) is 12.0 Å². The number of anilines is 1. The Labute approximate surface area is 123 Å². The second-order valence-electron chi connectivity index (χ2n) is 4.42. The minimum Gasteiger partial charge on any atom is -0.508 e. The third kappa shape index (κ3) is 3.87. The molecule has 0 fully saturated rings. The molecule has 6 nitrogen and oxygen atoms in total. The van der Waals surface area contributed by atoms with Crippen LogP contribution >= 0.6 is 0 Å². The van der Waals surface area contributed by atoms with Crippen LogP contribution in [0.1, 0.15) is 5.56 Å². The van der Waals surface area contributed by atoms with Crippen LogP contribution in [0, 0.1) is 0 Å². The van der Waals surface area contributed by atoms with Gasteiger partial charge in [-0.2, -0.15) is 0 Å². The van der Waals surface area contributed by atoms with Crippen LogP contribution < -0.4 is 15.2 Å². The number of rotatable bonds is 5. The molecule has 2 rings (SSSR count). The molecule has 0 radical (unpaired) electrons. The third-order valence-corrected chi connectivity index (χ3v) is 3.84. The van der Waals surface area contributed by atoms with Crippen molar-refractivity contribution in [2.24, 2.45) is 5.14 Å². The van der Waals surface area contributed by atoms with Gasteiger partial charge in [0.15, 0.2) is 0 Å². The highest BCUT2D eigenvalue weighted by Gasteiger charge is 2.08. The van der Waals surface area contributed by atoms with Crippen molar-refractivity contribution in [3.8, 4) is 11.5 Å². The zero-order valence-electron chi connectivity index (χ0n) is 11.4. The van der Waals surface area contributed by atoms with E-state index in [9.17, 15) is 13.5 Å². The smallest absolute Gasteiger partial charge is 0.238 e. The second kappa shape index (κ2) is 6.02. The van der Waals surface area contributed by atoms with E-state index in [0.717, 1.165) is 0 Å². The topological polar surface area (TPSA) is 102 Å². The first kappa shape index (κ1) is 15.1. The van der Waals surface area contributed by atoms with Crippen molar-refractivity contribution >= 4 is 15.7 Å². The number of primary sulfonamides is 1. The van der Waals surface area contributed by atoms with E-state index in [1.54, 1.807) is 31.4 Å². The zero-order valence-corrected chi connectivity index (χ0v) is 12.2. The SMILES string of the molecule is COc1ccc(O)c(CNc2cccc(S(N)(=O)=O)c2)c1. The number of aromatic hydroxyl groups is 1. The first-order valence-corrected chi connectivity index (χ1v) is 7.67. The lowest BCUT2D eigenvalue weighted by atomic mass is 10.2. The molecule has 0 saturated heterocycles. The number of nitrogens with one attached hydrogen (secondary N) is 1. The number of hydrogen-bond acceptors (Lipinski definition) is 5. The number of phenols is 1. The number of methoxy groups -OCH3 is 1. The normalized spacial score (nSPS) is 11.1. The van der Waals surface area contributed by atoms with Gasteiger partial charge in [-0.3, -0.25) is 0 Å². The van der Waals surface area contributed by atoms with E-state index in [2.05, 4.69) is 5.32 Å². The molecule has 2 aromatic rings. The summed E-state index contributed by atoms with van der Waals surface area (Å²) in [6.07, 6.45) is 0. The number of hydrogen-bond donors (Lipinski definition) is 3. The fraction of sp³-hybridized carbons (Fsp3) is 0.143. The molecule has 2 aromatic carbocycles. The van der Waals surface area contributed by atoms with Crippen molar-refractivity contribution in [2.75, 3.05) is 12.4 Å². The molecule has 0 spiro atoms. The van der Waals surface area contributed by atoms with Gasteiger partial charge >= 0.3 is 0 Å². The Bertz CT molecular complexity index is 744. The van der Waals surface area contributed by atoms with Gasteiger partial charge in [0.1, 0.15) is 11.5 Å². The molecule has 0 atom stereocenters. The molecule has 7 heteroatoms. The molecule has 0 aliphatic carbocycles. The van der Waals surface area contributed by atoms with Gasteiger partial charge in [-0.05, 0) is 36.4 Å². The van der Waals surface area contributed by atoms with E-state index in [4.69, 9.17) is 9.88 Å². The molecule has 0 aliphatic heterocycles. The number of nitrogens with two attached hydrogens (primary N) is 1. The van der Waals surface area contributed by atoms with Gasteiger partial charge in [-0.1, -0.05) is 6.07 Å². The summed E-state index contributed by atoms with van der Waals surface area (Å²) < 4.78 is 27.7. The van der Waals surface area contributed by atoms with Crippen molar-refractivity contribution in [3.63, 3.8) is 0 Å². The number of benzene rings is 2. The highest BCUT2D eigenvalue weighted by molar-refractivity contribution is 7.89. The Kier molecular flexibility index (Phi) is 4.35. The van der Waals surface area contributed by atoms with Crippen molar-refractivity contribution in [1.29, 1.82) is 0 Å². The molecule has 0 unspecified atom stereocenters. The van der Waals surface area contributed by atoms with Crippen molar-refractivity contribution in [3.05, 3.63) is 48.0 Å². The summed E-state index contributed by atoms with van der Waals surface area (Å²) >= 11 is 0. The van der Waals surface area contributed by atoms with Gasteiger partial charge in [-0.15, -0.1) is 0 Å². The molecule has 0 heterocycles. The molecule has 0 saturated carbocycles. The van der Waals surface area contributed by atoms with Gasteiger partial charge in [0, 0.05) is 17.8 Å². The van der Waals surface area contributed by atoms with Crippen LogP contribution in [0.4, 0.5) is 5.69 Å². The van der Waals surface area contributed by atoms with Crippen LogP contribution in [-0.4, -0.2) is 20.6 Å². The highest BCUT2D eigenvalue weighted by Crippen LogP contribution is 2.24. The maximum atomic E-state index is 11.3. The van der Waals surface area contributed by atoms with Crippen LogP contribution in [0.5, 0.6) is 11.5 Å². The molecule has 4 N–H and O–H groups in total. The minimum atomic E-state index is -3.74. The summed E-state index contributed by atoms with van der Waals surface area (Å²) in [5.74, 6) is 0.758. The summed E-state index contributed by atoms with van der Waals surface area (Å²) in [7, 11) is -2.20. The monoisotopic (exact) mass is 308 g/mol. The predicted octanol–water partition coefficient (Wildman–Crippen LogP) is 1.66. The lowest BCUT2D eigenvalue weighted by Crippen LogP contribution is -2.12. The summed E-state index contributed by atoms with van der Waals surface area (Å²) in [5.41, 5.74) is 1.22. The average molecular weight is 308 g/mol. The van der Waals surface area contributed by atoms with Gasteiger partial charge in [0.2, 0.25) is 10.0 Å². The van der Waals surface area contributed by atoms with Crippen LogP contribution in [0.15, 0.2) is 47.4 Å². The summed E-state index contributed by atoms with van der Waals surface area (Å²) in [6.45, 7) is 0.317. The first-order valence-electron chi connectivity index (χ1n) is 6.13. The second-order valence-corrected chi connectivity index (χ2v) is 5.98. The zero-order chi connectivity index (χ0) is 15.5. The van der Waals surface area contributed by atoms with E-state index < -0.39 is 10.0 Å². The van der Waals surface area contributed by atoms with Crippen LogP contribution in [-0.2, 0) is 16.6 Å². The van der Waals surface area contributed by atoms with Crippen molar-refractivity contribution in [1.82, 2.24) is 0 Å². The maximum Gasteiger partial charge on any atom is 0.238 e. The first-order chi connectivity index (χ1) is 9.90. The Morgan fingerprint density at radius 3 is 2.67 bits per heavy atom. The van der Waals surface area contributed by atoms with E-state index >= 15 is 0 Å². The third-order valence-electron chi connectivity index (χ3n) is 2.93. The Hall–Kier alpha value is -2.25. The van der Waals surface area contributed by atoms with E-state index in [1.807, 2.05) is 0 Å². The summed E-state index contributed by atoms with van der Waals surface area (Å²) in [6, 6.07) is 11.1. The molecule has 0 aromatic heterocycles. The number of phenolic OH excluding ortho intramolecular Hbond substituents is 1. The van der Waals surface area contributed by atoms with E-state index in [1.165, 1.54) is 18.2 Å². The fourth-order valence-corrected chi connectivity index (χ4v) is 2.37. The lowest BCUT2D eigenvalue weighted by molar-refractivity contribution is 0.411. The van der Waals surface area contributed by atoms with Gasteiger partial charge < -0.3 is 15.2 Å². The molecule has 0 bridgehead atoms. The quantitative estimate of drug-likeness (QED) is 0.779. The summed E-state index contributed by atoms with van der Waals surface area (Å²) in [5, 5.41) is 17.9. The lowest BCUT2D eigenvalue weighted by Gasteiger charge is -2.10. The standard InChI is InChI=1S/C14H16N2O4S/c1-20-12-5-6-14(17)10(7-12)9-16-11-3-2-4-13(8-11)21(15,18)19/h2-8,16-17H,9H2,1H3,(H2,15,18,19). The molecule has 112 valence electrons. The Balaban J connectivity index is 2.17. The van der Waals surface area contributed by atoms with E-state index in [-0.39, 0.29) is 10.6 Å². The van der Waals surface area contributed by atoms with Crippen LogP contribution in [0.25, 0.3) is 0 Å². The highest BCUT2D eigenvalue weighted by atomic mass is 32.2. The number of sulfonamides is 1. The molecule has 0 aliphatic rings. The molecular formula is C14H16N2O4S. The van der Waals surface area contributed by atoms with Gasteiger partial charge in [0.25, 0.3) is 0 Å². The largest absolute Gasteiger partial charge is 0.508 e. The van der Waals surface area contributed by atoms with Gasteiger partial charge in [-0.25, -0.2) is 13.6 Å². The van der Waals surface area contributed by atoms with Crippen molar-refractivity contribution in [2.45, 2.75) is 11.4 Å².